The van der Waals surface area contributed by atoms with E-state index < -0.39 is 0 Å². The molecule has 0 unspecified atom stereocenters. The minimum atomic E-state index is -0.0931. The molecule has 1 heterocycles. The van der Waals surface area contributed by atoms with Crippen LogP contribution in [-0.4, -0.2) is 24.7 Å². The van der Waals surface area contributed by atoms with E-state index in [1.807, 2.05) is 6.08 Å². The number of para-hydroxylation sites is 1. The van der Waals surface area contributed by atoms with Gasteiger partial charge in [-0.2, -0.15) is 0 Å². The first-order valence-electron chi connectivity index (χ1n) is 6.23. The number of benzene rings is 2. The van der Waals surface area contributed by atoms with E-state index in [4.69, 9.17) is 0 Å². The molecule has 0 spiro atoms. The van der Waals surface area contributed by atoms with Crippen LogP contribution in [0.3, 0.4) is 0 Å². The number of fused-ring (bicyclic) bond motifs is 1. The maximum Gasteiger partial charge on any atom is -1.00 e. The number of phenolic OH excluding ortho intramolecular Hbond substituents is 2. The fourth-order valence-corrected chi connectivity index (χ4v) is 4.29. The van der Waals surface area contributed by atoms with E-state index in [0.29, 0.717) is 14.5 Å². The molecule has 5 heteroatoms. The Morgan fingerprint density at radius 3 is 2.48 bits per heavy atom. The summed E-state index contributed by atoms with van der Waals surface area (Å²) in [4.78, 5) is 0. The number of halogens is 1. The normalized spacial score (nSPS) is 10.9. The van der Waals surface area contributed by atoms with Crippen molar-refractivity contribution in [2.24, 2.45) is 7.05 Å². The van der Waals surface area contributed by atoms with Crippen molar-refractivity contribution in [1.29, 1.82) is 0 Å². The average molecular weight is 458 g/mol. The first-order valence-corrected chi connectivity index (χ1v) is 7.94. The number of hydrogen-bond donors (Lipinski definition) is 2. The topological polar surface area (TPSA) is 44.3 Å². The van der Waals surface area contributed by atoms with Gasteiger partial charge in [-0.1, -0.05) is 0 Å². The van der Waals surface area contributed by atoms with E-state index >= 15 is 0 Å². The predicted molar refractivity (Wildman–Crippen MR) is 80.8 cm³/mol. The molecule has 0 aliphatic carbocycles. The number of aryl methyl sites for hydroxylation is 1. The first kappa shape index (κ1) is 16.1. The first-order chi connectivity index (χ1) is 9.65. The van der Waals surface area contributed by atoms with Gasteiger partial charge in [-0.15, -0.1) is 0 Å². The van der Waals surface area contributed by atoms with E-state index in [2.05, 4.69) is 42.0 Å². The van der Waals surface area contributed by atoms with E-state index in [0.717, 1.165) is 5.56 Å². The molecule has 3 nitrogen and oxygen atoms in total. The molecule has 0 bridgehead atoms. The molecule has 2 N–H and O–H groups in total. The summed E-state index contributed by atoms with van der Waals surface area (Å²) < 4.78 is 4.86. The van der Waals surface area contributed by atoms with E-state index in [1.165, 1.54) is 20.4 Å². The van der Waals surface area contributed by atoms with Crippen molar-refractivity contribution in [2.75, 3.05) is 0 Å². The quantitative estimate of drug-likeness (QED) is 0.231. The fraction of sp³-hybridized carbons (Fsp3) is 0.0625. The van der Waals surface area contributed by atoms with Gasteiger partial charge in [0.15, 0.2) is 0 Å². The molecule has 108 valence electrons. The van der Waals surface area contributed by atoms with Crippen LogP contribution in [0.25, 0.3) is 21.9 Å². The zero-order valence-corrected chi connectivity index (χ0v) is 15.2. The molecule has 21 heavy (non-hydrogen) atoms. The summed E-state index contributed by atoms with van der Waals surface area (Å²) in [6.07, 6.45) is 4.03. The van der Waals surface area contributed by atoms with Crippen molar-refractivity contribution in [1.82, 2.24) is 0 Å². The largest absolute Gasteiger partial charge is 1.00 e. The Balaban J connectivity index is 0.00000161. The van der Waals surface area contributed by atoms with Gasteiger partial charge in [-0.25, -0.2) is 0 Å². The van der Waals surface area contributed by atoms with Crippen LogP contribution in [0.4, 0.5) is 0 Å². The van der Waals surface area contributed by atoms with Crippen molar-refractivity contribution in [2.45, 2.75) is 0 Å². The Morgan fingerprint density at radius 1 is 1.00 bits per heavy atom. The van der Waals surface area contributed by atoms with Gasteiger partial charge in [0.05, 0.1) is 0 Å². The SMILES string of the molecule is C[n+]1c(/C=C/c2ccc(O)c(O)c2)[se]c2ccccc21.[I-]. The molecule has 0 atom stereocenters. The Bertz CT molecular complexity index is 811. The number of rotatable bonds is 2. The van der Waals surface area contributed by atoms with E-state index in [9.17, 15) is 10.2 Å². The second-order valence-electron chi connectivity index (χ2n) is 4.55. The predicted octanol–water partition coefficient (Wildman–Crippen LogP) is -0.693. The molecule has 0 amide bonds. The molecule has 3 aromatic rings. The number of phenols is 2. The van der Waals surface area contributed by atoms with Crippen LogP contribution in [0.15, 0.2) is 42.5 Å². The van der Waals surface area contributed by atoms with Crippen molar-refractivity contribution >= 4 is 36.4 Å². The van der Waals surface area contributed by atoms with Gasteiger partial charge in [0, 0.05) is 0 Å². The molecule has 0 fully saturated rings. The molecule has 1 aromatic heterocycles. The molecule has 0 aliphatic rings. The zero-order chi connectivity index (χ0) is 14.1. The number of aromatic hydroxyl groups is 2. The summed E-state index contributed by atoms with van der Waals surface area (Å²) in [5, 5.41) is 18.8. The van der Waals surface area contributed by atoms with Gasteiger partial charge >= 0.3 is 122 Å². The van der Waals surface area contributed by atoms with Gasteiger partial charge in [-0.3, -0.25) is 0 Å². The van der Waals surface area contributed by atoms with Gasteiger partial charge in [0.1, 0.15) is 0 Å². The van der Waals surface area contributed by atoms with Crippen molar-refractivity contribution in [3.05, 3.63) is 52.6 Å². The van der Waals surface area contributed by atoms with Crippen molar-refractivity contribution in [3.63, 3.8) is 0 Å². The molecule has 0 saturated heterocycles. The fourth-order valence-electron chi connectivity index (χ4n) is 2.08. The summed E-state index contributed by atoms with van der Waals surface area (Å²) in [5.74, 6) is -0.185. The standard InChI is InChI=1S/C16H13NO2Se.HI/c1-17-12-4-2-3-5-15(12)20-16(17)9-7-11-6-8-13(18)14(19)10-11;/h2-10,19H,1H3;1H. The Hall–Kier alpha value is -1.30. The third-order valence-electron chi connectivity index (χ3n) is 3.19. The third-order valence-corrected chi connectivity index (χ3v) is 5.67. The zero-order valence-electron chi connectivity index (χ0n) is 11.3. The molecule has 3 rings (SSSR count). The maximum absolute atomic E-state index is 9.49. The summed E-state index contributed by atoms with van der Waals surface area (Å²) >= 11 is 0.306. The minimum absolute atomic E-state index is 0. The van der Waals surface area contributed by atoms with Crippen LogP contribution in [0.5, 0.6) is 11.5 Å². The van der Waals surface area contributed by atoms with Crippen molar-refractivity contribution < 1.29 is 38.8 Å². The molecule has 0 aliphatic heterocycles. The van der Waals surface area contributed by atoms with Crippen LogP contribution in [-0.2, 0) is 7.05 Å². The average Bonchev–Trinajstić information content (AvgIpc) is 2.77. The van der Waals surface area contributed by atoms with Gasteiger partial charge < -0.3 is 24.0 Å². The van der Waals surface area contributed by atoms with Crippen LogP contribution in [0, 0.1) is 0 Å². The van der Waals surface area contributed by atoms with Gasteiger partial charge in [0.25, 0.3) is 0 Å². The van der Waals surface area contributed by atoms with Gasteiger partial charge in [-0.05, 0) is 0 Å². The monoisotopic (exact) mass is 459 g/mol. The van der Waals surface area contributed by atoms with E-state index in [-0.39, 0.29) is 35.5 Å². The summed E-state index contributed by atoms with van der Waals surface area (Å²) in [6, 6.07) is 13.2. The third kappa shape index (κ3) is 3.31. The summed E-state index contributed by atoms with van der Waals surface area (Å²) in [5.41, 5.74) is 2.13. The minimum Gasteiger partial charge on any atom is -1.00 e. The van der Waals surface area contributed by atoms with Crippen LogP contribution in [0.1, 0.15) is 10.1 Å². The Morgan fingerprint density at radius 2 is 1.76 bits per heavy atom. The number of nitrogens with zero attached hydrogens (tertiary/aromatic N) is 1. The van der Waals surface area contributed by atoms with Crippen LogP contribution in [0.2, 0.25) is 0 Å². The summed E-state index contributed by atoms with van der Waals surface area (Å²) in [7, 11) is 2.07. The van der Waals surface area contributed by atoms with Crippen LogP contribution >= 0.6 is 0 Å². The number of aromatic nitrogens is 1. The number of hydrogen-bond acceptors (Lipinski definition) is 2. The molecular weight excluding hydrogens is 444 g/mol. The smallest absolute Gasteiger partial charge is 1.00 e. The second-order valence-corrected chi connectivity index (χ2v) is 6.78. The van der Waals surface area contributed by atoms with Crippen molar-refractivity contribution in [3.8, 4) is 11.5 Å². The molecular formula is C16H14INO2Se. The van der Waals surface area contributed by atoms with Gasteiger partial charge in [0.2, 0.25) is 0 Å². The van der Waals surface area contributed by atoms with E-state index in [1.54, 1.807) is 12.1 Å². The molecule has 0 saturated carbocycles. The van der Waals surface area contributed by atoms with Crippen LogP contribution < -0.4 is 28.5 Å². The Labute approximate surface area is 145 Å². The second kappa shape index (κ2) is 6.64. The molecule has 0 radical (unpaired) electrons. The maximum atomic E-state index is 9.49. The molecule has 2 aromatic carbocycles. The Kier molecular flexibility index (Phi) is 5.08. The summed E-state index contributed by atoms with van der Waals surface area (Å²) in [6.45, 7) is 0.